The van der Waals surface area contributed by atoms with E-state index in [2.05, 4.69) is 32.1 Å². The number of fused-ring (bicyclic) bond motifs is 6. The fraction of sp³-hybridized carbons (Fsp3) is 0.250. The molecular weight excluding hydrogens is 1030 g/mol. The first-order chi connectivity index (χ1) is 38.4. The minimum atomic E-state index is -0.413. The zero-order valence-electron chi connectivity index (χ0n) is 44.0. The van der Waals surface area contributed by atoms with E-state index in [1.165, 1.54) is 46.8 Å². The highest BCUT2D eigenvalue weighted by atomic mass is 35.5. The third-order valence-electron chi connectivity index (χ3n) is 13.6. The lowest BCUT2D eigenvalue weighted by molar-refractivity contribution is 0.507. The number of aromatic nitrogens is 9. The molecule has 0 saturated heterocycles. The van der Waals surface area contributed by atoms with Crippen molar-refractivity contribution in [1.29, 1.82) is 0 Å². The zero-order chi connectivity index (χ0) is 55.4. The van der Waals surface area contributed by atoms with E-state index < -0.39 is 11.2 Å². The van der Waals surface area contributed by atoms with E-state index in [0.717, 1.165) is 108 Å². The van der Waals surface area contributed by atoms with Gasteiger partial charge in [-0.05, 0) is 93.1 Å². The van der Waals surface area contributed by atoms with Crippen LogP contribution in [0.3, 0.4) is 0 Å². The third kappa shape index (κ3) is 12.7. The summed E-state index contributed by atoms with van der Waals surface area (Å²) in [5.41, 5.74) is 2.59. The highest BCUT2D eigenvalue weighted by Crippen LogP contribution is 2.23. The molecule has 404 valence electrons. The van der Waals surface area contributed by atoms with Crippen molar-refractivity contribution >= 4 is 77.2 Å². The molecule has 0 atom stereocenters. The summed E-state index contributed by atoms with van der Waals surface area (Å²) in [5.74, 6) is 3.65. The van der Waals surface area contributed by atoms with Crippen LogP contribution in [-0.2, 0) is 53.5 Å². The molecule has 0 radical (unpaired) electrons. The quantitative estimate of drug-likeness (QED) is 0.0795. The van der Waals surface area contributed by atoms with Gasteiger partial charge < -0.3 is 13.3 Å². The van der Waals surface area contributed by atoms with Crippen molar-refractivity contribution in [1.82, 2.24) is 42.8 Å². The highest BCUT2D eigenvalue weighted by Gasteiger charge is 2.13. The molecule has 0 amide bonds. The number of halogens is 1. The van der Waals surface area contributed by atoms with Crippen LogP contribution in [0.1, 0.15) is 55.8 Å². The number of unbranched alkanes of at least 4 members (excludes halogenated alkanes) is 3. The van der Waals surface area contributed by atoms with E-state index >= 15 is 0 Å². The lowest BCUT2D eigenvalue weighted by Crippen LogP contribution is -2.39. The van der Waals surface area contributed by atoms with E-state index in [-0.39, 0.29) is 22.5 Å². The van der Waals surface area contributed by atoms with Crippen LogP contribution in [0.5, 0.6) is 0 Å². The first-order valence-corrected chi connectivity index (χ1v) is 26.5. The second-order valence-corrected chi connectivity index (χ2v) is 19.3. The van der Waals surface area contributed by atoms with E-state index in [4.69, 9.17) is 24.9 Å². The number of pyridine rings is 3. The number of para-hydroxylation sites is 3. The fourth-order valence-electron chi connectivity index (χ4n) is 9.34. The third-order valence-corrected chi connectivity index (χ3v) is 13.8. The normalized spacial score (nSPS) is 11.2. The molecule has 0 aliphatic heterocycles. The number of aryl methyl sites for hydroxylation is 6. The average molecular weight is 1080 g/mol. The molecular formula is C60H58ClN9O9. The summed E-state index contributed by atoms with van der Waals surface area (Å²) in [6.07, 6.45) is 17.0. The molecule has 0 spiro atoms. The summed E-state index contributed by atoms with van der Waals surface area (Å²) in [4.78, 5) is 86.5. The van der Waals surface area contributed by atoms with Crippen molar-refractivity contribution < 1.29 is 13.3 Å². The molecule has 9 heterocycles. The number of aromatic amines is 1. The van der Waals surface area contributed by atoms with Gasteiger partial charge in [0.05, 0.1) is 32.7 Å². The maximum atomic E-state index is 12.6. The van der Waals surface area contributed by atoms with Crippen LogP contribution < -0.4 is 33.7 Å². The van der Waals surface area contributed by atoms with Crippen molar-refractivity contribution in [2.24, 2.45) is 21.1 Å². The Morgan fingerprint density at radius 3 is 1.22 bits per heavy atom. The number of alkyl halides is 1. The second-order valence-electron chi connectivity index (χ2n) is 18.9. The standard InChI is InChI=1S/2C20H19N3O3.C12H13ClO.C8H7N3O2/c2*1-22-17-9-10-21-13-16(17)19(24)23(20(22)25)11-5-4-7-15-12-14-6-2-3-8-18(14)26-15;13-8-4-3-6-11-9-10-5-1-2-7-12(10)14-11;1-11-6-2-3-9-4-5(6)7(12)10-8(11)13/h2*2-3,6,8-10,12-13H,4-5,7,11H2,1H3;1-2,5,7,9H,3-4,6,8H2;2-4H,1H3,(H,10,12,13). The van der Waals surface area contributed by atoms with Gasteiger partial charge in [-0.2, -0.15) is 0 Å². The SMILES string of the molecule is ClCCCCc1cc2ccccc2o1.Cn1c(=O)[nH]c(=O)c2cnccc21.Cn1c(=O)n(CCCCc2cc3ccccc3o2)c(=O)c2cnccc21.Cn1c(=O)n(CCCCc2cc3ccccc3o2)c(=O)c2cnccc21. The number of furan rings is 3. The topological polar surface area (TPSA) is 221 Å². The molecule has 12 rings (SSSR count). The summed E-state index contributed by atoms with van der Waals surface area (Å²) < 4.78 is 24.2. The van der Waals surface area contributed by atoms with E-state index in [1.54, 1.807) is 57.9 Å². The molecule has 0 saturated carbocycles. The molecule has 0 aliphatic rings. The van der Waals surface area contributed by atoms with Gasteiger partial charge >= 0.3 is 17.1 Å². The molecule has 1 N–H and O–H groups in total. The Bertz CT molecular complexity index is 4170. The number of hydrogen-bond donors (Lipinski definition) is 1. The van der Waals surface area contributed by atoms with Crippen LogP contribution in [0.15, 0.2) is 188 Å². The lowest BCUT2D eigenvalue weighted by Gasteiger charge is -2.10. The predicted molar refractivity (Wildman–Crippen MR) is 308 cm³/mol. The van der Waals surface area contributed by atoms with Crippen molar-refractivity contribution in [3.8, 4) is 0 Å². The fourth-order valence-corrected chi connectivity index (χ4v) is 9.53. The first-order valence-electron chi connectivity index (χ1n) is 26.0. The van der Waals surface area contributed by atoms with E-state index in [1.807, 2.05) is 78.9 Å². The van der Waals surface area contributed by atoms with Crippen LogP contribution >= 0.6 is 11.6 Å². The Labute approximate surface area is 455 Å². The Morgan fingerprint density at radius 1 is 0.456 bits per heavy atom. The molecule has 19 heteroatoms. The summed E-state index contributed by atoms with van der Waals surface area (Å²) in [6.45, 7) is 0.771. The van der Waals surface area contributed by atoms with Gasteiger partial charge in [0.15, 0.2) is 0 Å². The highest BCUT2D eigenvalue weighted by molar-refractivity contribution is 6.17. The van der Waals surface area contributed by atoms with Crippen molar-refractivity contribution in [2.75, 3.05) is 5.88 Å². The molecule has 79 heavy (non-hydrogen) atoms. The molecule has 18 nitrogen and oxygen atoms in total. The maximum Gasteiger partial charge on any atom is 0.331 e. The van der Waals surface area contributed by atoms with Gasteiger partial charge in [0.1, 0.15) is 34.0 Å². The smallest absolute Gasteiger partial charge is 0.331 e. The van der Waals surface area contributed by atoms with Crippen LogP contribution in [0.2, 0.25) is 0 Å². The van der Waals surface area contributed by atoms with Gasteiger partial charge in [-0.3, -0.25) is 57.2 Å². The van der Waals surface area contributed by atoms with Crippen LogP contribution in [0.25, 0.3) is 65.6 Å². The summed E-state index contributed by atoms with van der Waals surface area (Å²) in [6, 6.07) is 35.1. The van der Waals surface area contributed by atoms with Gasteiger partial charge in [0, 0.05) is 113 Å². The summed E-state index contributed by atoms with van der Waals surface area (Å²) in [7, 11) is 4.95. The number of H-pyrrole nitrogens is 1. The average Bonchev–Trinajstić information content (AvgIpc) is 4.34. The van der Waals surface area contributed by atoms with E-state index in [9.17, 15) is 28.8 Å². The van der Waals surface area contributed by atoms with Crippen molar-refractivity contribution in [3.63, 3.8) is 0 Å². The molecule has 0 fully saturated rings. The largest absolute Gasteiger partial charge is 0.461 e. The van der Waals surface area contributed by atoms with E-state index in [0.29, 0.717) is 45.8 Å². The van der Waals surface area contributed by atoms with Gasteiger partial charge in [-0.1, -0.05) is 54.6 Å². The molecule has 0 aliphatic carbocycles. The maximum absolute atomic E-state index is 12.6. The monoisotopic (exact) mass is 1080 g/mol. The molecule has 0 bridgehead atoms. The molecule has 9 aromatic heterocycles. The number of rotatable bonds is 14. The Kier molecular flexibility index (Phi) is 17.5. The number of nitrogens with one attached hydrogen (secondary N) is 1. The molecule has 3 aromatic carbocycles. The second kappa shape index (κ2) is 25.3. The minimum absolute atomic E-state index is 0.278. The number of benzene rings is 3. The summed E-state index contributed by atoms with van der Waals surface area (Å²) in [5, 5.41) is 4.72. The zero-order valence-corrected chi connectivity index (χ0v) is 44.7. The molecule has 12 aromatic rings. The van der Waals surface area contributed by atoms with Gasteiger partial charge in [-0.15, -0.1) is 11.6 Å². The Hall–Kier alpha value is -9.16. The Morgan fingerprint density at radius 2 is 0.823 bits per heavy atom. The van der Waals surface area contributed by atoms with Gasteiger partial charge in [0.2, 0.25) is 0 Å². The lowest BCUT2D eigenvalue weighted by atomic mass is 10.2. The van der Waals surface area contributed by atoms with Crippen molar-refractivity contribution in [3.05, 3.63) is 226 Å². The first kappa shape index (κ1) is 54.6. The summed E-state index contributed by atoms with van der Waals surface area (Å²) >= 11 is 5.62. The van der Waals surface area contributed by atoms with Crippen molar-refractivity contribution in [2.45, 2.75) is 70.9 Å². The van der Waals surface area contributed by atoms with Crippen LogP contribution in [0, 0.1) is 0 Å². The van der Waals surface area contributed by atoms with Crippen LogP contribution in [-0.4, -0.2) is 48.7 Å². The minimum Gasteiger partial charge on any atom is -0.461 e. The van der Waals surface area contributed by atoms with Gasteiger partial charge in [0.25, 0.3) is 16.7 Å². The van der Waals surface area contributed by atoms with Crippen LogP contribution in [0.4, 0.5) is 0 Å². The number of hydrogen-bond acceptors (Lipinski definition) is 12. The number of nitrogens with zero attached hydrogens (tertiary/aromatic N) is 8. The molecule has 0 unspecified atom stereocenters. The van der Waals surface area contributed by atoms with Gasteiger partial charge in [-0.25, -0.2) is 14.4 Å². The Balaban J connectivity index is 0.000000134. The predicted octanol–water partition coefficient (Wildman–Crippen LogP) is 9.34.